The second kappa shape index (κ2) is 13.8. The van der Waals surface area contributed by atoms with Crippen molar-refractivity contribution in [2.24, 2.45) is 5.92 Å². The van der Waals surface area contributed by atoms with Crippen molar-refractivity contribution >= 4 is 21.8 Å². The molecule has 11 heteroatoms. The Balaban J connectivity index is 1.82. The maximum atomic E-state index is 13.5. The molecule has 0 fully saturated rings. The first-order valence-corrected chi connectivity index (χ1v) is 13.9. The fourth-order valence-corrected chi connectivity index (χ4v) is 5.65. The second-order valence-electron chi connectivity index (χ2n) is 9.54. The maximum Gasteiger partial charge on any atom is 0.407 e. The van der Waals surface area contributed by atoms with Crippen LogP contribution in [0.15, 0.2) is 89.8 Å². The number of nitro groups is 1. The lowest BCUT2D eigenvalue weighted by Crippen LogP contribution is -2.51. The predicted octanol–water partition coefficient (Wildman–Crippen LogP) is 4.14. The Hall–Kier alpha value is -3.80. The Labute approximate surface area is 228 Å². The highest BCUT2D eigenvalue weighted by molar-refractivity contribution is 7.89. The summed E-state index contributed by atoms with van der Waals surface area (Å²) in [6.07, 6.45) is -1.85. The molecule has 39 heavy (non-hydrogen) atoms. The molecule has 0 heterocycles. The molecule has 0 aliphatic rings. The van der Waals surface area contributed by atoms with Gasteiger partial charge in [-0.25, -0.2) is 13.2 Å². The molecule has 0 aliphatic heterocycles. The smallest absolute Gasteiger partial charge is 0.407 e. The average Bonchev–Trinajstić information content (AvgIpc) is 2.92. The van der Waals surface area contributed by atoms with Gasteiger partial charge in [0.1, 0.15) is 6.61 Å². The molecule has 3 rings (SSSR count). The van der Waals surface area contributed by atoms with Gasteiger partial charge in [-0.1, -0.05) is 80.6 Å². The summed E-state index contributed by atoms with van der Waals surface area (Å²) in [5.41, 5.74) is 1.26. The third kappa shape index (κ3) is 8.88. The van der Waals surface area contributed by atoms with Gasteiger partial charge in [0.25, 0.3) is 5.69 Å². The van der Waals surface area contributed by atoms with Crippen molar-refractivity contribution in [3.05, 3.63) is 106 Å². The zero-order chi connectivity index (χ0) is 28.4. The quantitative estimate of drug-likeness (QED) is 0.239. The van der Waals surface area contributed by atoms with E-state index in [0.29, 0.717) is 0 Å². The number of hydrogen-bond acceptors (Lipinski definition) is 7. The minimum atomic E-state index is -4.20. The molecule has 3 aromatic carbocycles. The van der Waals surface area contributed by atoms with Gasteiger partial charge in [-0.05, 0) is 29.5 Å². The van der Waals surface area contributed by atoms with Crippen molar-refractivity contribution in [1.29, 1.82) is 0 Å². The van der Waals surface area contributed by atoms with Gasteiger partial charge < -0.3 is 15.2 Å². The normalized spacial score (nSPS) is 13.2. The van der Waals surface area contributed by atoms with Gasteiger partial charge in [-0.15, -0.1) is 0 Å². The third-order valence-electron chi connectivity index (χ3n) is 5.90. The average molecular weight is 556 g/mol. The number of carbonyl (C=O) groups is 1. The Bertz CT molecular complexity index is 1340. The molecule has 0 aliphatic carbocycles. The van der Waals surface area contributed by atoms with Gasteiger partial charge in [0.05, 0.1) is 22.0 Å². The van der Waals surface area contributed by atoms with E-state index in [2.05, 4.69) is 5.32 Å². The molecule has 208 valence electrons. The van der Waals surface area contributed by atoms with Crippen LogP contribution in [-0.4, -0.2) is 54.1 Å². The van der Waals surface area contributed by atoms with E-state index in [4.69, 9.17) is 4.74 Å². The minimum Gasteiger partial charge on any atom is -0.445 e. The zero-order valence-electron chi connectivity index (χ0n) is 21.8. The summed E-state index contributed by atoms with van der Waals surface area (Å²) in [4.78, 5) is 23.0. The highest BCUT2D eigenvalue weighted by Crippen LogP contribution is 2.23. The van der Waals surface area contributed by atoms with Crippen molar-refractivity contribution in [2.45, 2.75) is 43.9 Å². The van der Waals surface area contributed by atoms with Crippen molar-refractivity contribution in [3.63, 3.8) is 0 Å². The Morgan fingerprint density at radius 1 is 0.974 bits per heavy atom. The number of non-ortho nitro benzene ring substituents is 1. The number of hydrogen-bond donors (Lipinski definition) is 2. The lowest BCUT2D eigenvalue weighted by molar-refractivity contribution is -0.385. The third-order valence-corrected chi connectivity index (χ3v) is 7.73. The molecule has 0 aromatic heterocycles. The van der Waals surface area contributed by atoms with Gasteiger partial charge >= 0.3 is 6.09 Å². The molecule has 0 spiro atoms. The van der Waals surface area contributed by atoms with Crippen LogP contribution in [0.1, 0.15) is 25.0 Å². The van der Waals surface area contributed by atoms with E-state index in [1.165, 1.54) is 18.2 Å². The Morgan fingerprint density at radius 2 is 1.59 bits per heavy atom. The fourth-order valence-electron chi connectivity index (χ4n) is 3.99. The lowest BCUT2D eigenvalue weighted by atomic mass is 10.0. The number of sulfonamides is 1. The summed E-state index contributed by atoms with van der Waals surface area (Å²) in [6.45, 7) is 3.38. The van der Waals surface area contributed by atoms with Crippen molar-refractivity contribution in [3.8, 4) is 0 Å². The molecule has 1 amide bonds. The van der Waals surface area contributed by atoms with E-state index in [0.717, 1.165) is 21.5 Å². The van der Waals surface area contributed by atoms with Gasteiger partial charge in [0.2, 0.25) is 10.0 Å². The van der Waals surface area contributed by atoms with E-state index in [9.17, 15) is 28.4 Å². The Kier molecular flexibility index (Phi) is 10.6. The molecule has 2 atom stereocenters. The lowest BCUT2D eigenvalue weighted by Gasteiger charge is -2.30. The van der Waals surface area contributed by atoms with Crippen LogP contribution in [0, 0.1) is 16.0 Å². The van der Waals surface area contributed by atoms with E-state index < -0.39 is 33.2 Å². The van der Waals surface area contributed by atoms with E-state index in [-0.39, 0.29) is 42.6 Å². The summed E-state index contributed by atoms with van der Waals surface area (Å²) in [7, 11) is -4.20. The summed E-state index contributed by atoms with van der Waals surface area (Å²) >= 11 is 0. The second-order valence-corrected chi connectivity index (χ2v) is 11.5. The fraction of sp³-hybridized carbons (Fsp3) is 0.321. The standard InChI is InChI=1S/C28H33N3O7S/c1-21(2)18-30(39(36,37)25-15-9-14-24(17-25)31(34)35)19-27(32)26(16-22-10-5-3-6-11-22)29-28(33)38-20-23-12-7-4-8-13-23/h3-15,17,21,26-27,32H,16,18-20H2,1-2H3,(H,29,33)/t26-,27+/m0/s1. The van der Waals surface area contributed by atoms with Gasteiger partial charge in [0, 0.05) is 25.2 Å². The van der Waals surface area contributed by atoms with Crippen LogP contribution in [0.3, 0.4) is 0 Å². The molecular formula is C28H33N3O7S. The van der Waals surface area contributed by atoms with Gasteiger partial charge in [0.15, 0.2) is 0 Å². The highest BCUT2D eigenvalue weighted by atomic mass is 32.2. The molecule has 0 radical (unpaired) electrons. The molecular weight excluding hydrogens is 522 g/mol. The number of carbonyl (C=O) groups excluding carboxylic acids is 1. The van der Waals surface area contributed by atoms with Crippen molar-refractivity contribution in [1.82, 2.24) is 9.62 Å². The molecule has 10 nitrogen and oxygen atoms in total. The minimum absolute atomic E-state index is 0.0292. The summed E-state index contributed by atoms with van der Waals surface area (Å²) < 4.78 is 33.5. The number of rotatable bonds is 13. The van der Waals surface area contributed by atoms with Crippen molar-refractivity contribution < 1.29 is 28.0 Å². The van der Waals surface area contributed by atoms with E-state index in [1.54, 1.807) is 0 Å². The van der Waals surface area contributed by atoms with Crippen LogP contribution in [0.25, 0.3) is 0 Å². The highest BCUT2D eigenvalue weighted by Gasteiger charge is 2.32. The topological polar surface area (TPSA) is 139 Å². The van der Waals surface area contributed by atoms with Gasteiger partial charge in [-0.3, -0.25) is 10.1 Å². The summed E-state index contributed by atoms with van der Waals surface area (Å²) in [5.74, 6) is -0.109. The summed E-state index contributed by atoms with van der Waals surface area (Å²) in [6, 6.07) is 22.2. The zero-order valence-corrected chi connectivity index (χ0v) is 22.7. The van der Waals surface area contributed by atoms with Gasteiger partial charge in [-0.2, -0.15) is 4.31 Å². The molecule has 2 N–H and O–H groups in total. The number of nitrogens with one attached hydrogen (secondary N) is 1. The predicted molar refractivity (Wildman–Crippen MR) is 146 cm³/mol. The first-order valence-electron chi connectivity index (χ1n) is 12.5. The molecule has 0 saturated heterocycles. The number of ether oxygens (including phenoxy) is 1. The molecule has 0 bridgehead atoms. The van der Waals surface area contributed by atoms with Crippen LogP contribution in [0.2, 0.25) is 0 Å². The first kappa shape index (κ1) is 29.8. The summed E-state index contributed by atoms with van der Waals surface area (Å²) in [5, 5.41) is 25.2. The number of amides is 1. The van der Waals surface area contributed by atoms with Crippen LogP contribution in [0.5, 0.6) is 0 Å². The van der Waals surface area contributed by atoms with E-state index in [1.807, 2.05) is 74.5 Å². The SMILES string of the molecule is CC(C)CN(C[C@@H](O)[C@H](Cc1ccccc1)NC(=O)OCc1ccccc1)S(=O)(=O)c1cccc([N+](=O)[O-])c1. The number of nitrogens with zero attached hydrogens (tertiary/aromatic N) is 2. The van der Waals surface area contributed by atoms with Crippen molar-refractivity contribution in [2.75, 3.05) is 13.1 Å². The number of nitro benzene ring substituents is 1. The van der Waals surface area contributed by atoms with Crippen LogP contribution in [0.4, 0.5) is 10.5 Å². The number of aliphatic hydroxyl groups excluding tert-OH is 1. The number of alkyl carbamates (subject to hydrolysis) is 1. The number of aliphatic hydroxyl groups is 1. The number of benzene rings is 3. The van der Waals surface area contributed by atoms with Crippen LogP contribution in [-0.2, 0) is 27.8 Å². The molecule has 0 saturated carbocycles. The Morgan fingerprint density at radius 3 is 2.18 bits per heavy atom. The first-order chi connectivity index (χ1) is 18.6. The largest absolute Gasteiger partial charge is 0.445 e. The molecule has 0 unspecified atom stereocenters. The maximum absolute atomic E-state index is 13.5. The monoisotopic (exact) mass is 555 g/mol. The van der Waals surface area contributed by atoms with Crippen LogP contribution >= 0.6 is 0 Å². The van der Waals surface area contributed by atoms with E-state index >= 15 is 0 Å². The van der Waals surface area contributed by atoms with Crippen LogP contribution < -0.4 is 5.32 Å². The molecule has 3 aromatic rings.